The Morgan fingerprint density at radius 2 is 1.44 bits per heavy atom. The second-order valence-corrected chi connectivity index (χ2v) is 10.3. The van der Waals surface area contributed by atoms with Crippen LogP contribution in [-0.4, -0.2) is 60.2 Å². The number of nitrogens with one attached hydrogen (secondary N) is 1. The molecule has 39 heavy (non-hydrogen) atoms. The molecule has 0 spiro atoms. The molecule has 1 heterocycles. The number of hydrogen-bond donors (Lipinski definition) is 2. The van der Waals surface area contributed by atoms with Crippen LogP contribution in [0.5, 0.6) is 0 Å². The van der Waals surface area contributed by atoms with Crippen molar-refractivity contribution in [2.24, 2.45) is 0 Å². The van der Waals surface area contributed by atoms with Crippen molar-refractivity contribution in [1.82, 2.24) is 5.32 Å². The smallest absolute Gasteiger partial charge is 0.463 e. The minimum absolute atomic E-state index is 0.153. The molecule has 0 saturated carbocycles. The summed E-state index contributed by atoms with van der Waals surface area (Å²) in [7, 11) is -4.44. The third kappa shape index (κ3) is 9.54. The maximum absolute atomic E-state index is 13.9. The molecule has 1 saturated heterocycles. The summed E-state index contributed by atoms with van der Waals surface area (Å²) >= 11 is 0. The molecule has 0 bridgehead atoms. The highest BCUT2D eigenvalue weighted by atomic mass is 31.2. The van der Waals surface area contributed by atoms with Crippen molar-refractivity contribution < 1.29 is 51.8 Å². The van der Waals surface area contributed by atoms with E-state index < -0.39 is 62.9 Å². The highest BCUT2D eigenvalue weighted by molar-refractivity contribution is 7.48. The van der Waals surface area contributed by atoms with Gasteiger partial charge in [-0.05, 0) is 11.1 Å². The third-order valence-corrected chi connectivity index (χ3v) is 6.85. The van der Waals surface area contributed by atoms with Gasteiger partial charge in [-0.15, -0.1) is 0 Å². The number of carbonyl (C=O) groups excluding carboxylic acids is 3. The van der Waals surface area contributed by atoms with E-state index in [1.165, 1.54) is 6.92 Å². The van der Waals surface area contributed by atoms with E-state index in [1.807, 2.05) is 12.1 Å². The lowest BCUT2D eigenvalue weighted by molar-refractivity contribution is -0.256. The van der Waals surface area contributed by atoms with Gasteiger partial charge in [-0.25, -0.2) is 4.57 Å². The second-order valence-electron chi connectivity index (χ2n) is 8.71. The number of rotatable bonds is 12. The molecule has 1 aliphatic rings. The van der Waals surface area contributed by atoms with Crippen molar-refractivity contribution in [3.63, 3.8) is 0 Å². The molecule has 2 aromatic rings. The van der Waals surface area contributed by atoms with Gasteiger partial charge in [0.05, 0.1) is 13.2 Å². The quantitative estimate of drug-likeness (QED) is 0.288. The summed E-state index contributed by atoms with van der Waals surface area (Å²) in [6, 6.07) is 16.4. The summed E-state index contributed by atoms with van der Waals surface area (Å²) in [4.78, 5) is 35.1. The summed E-state index contributed by atoms with van der Waals surface area (Å²) in [5, 5.41) is 13.6. The minimum Gasteiger partial charge on any atom is -0.463 e. The van der Waals surface area contributed by atoms with Crippen molar-refractivity contribution in [3.8, 4) is 0 Å². The zero-order valence-electron chi connectivity index (χ0n) is 21.8. The van der Waals surface area contributed by atoms with E-state index in [0.29, 0.717) is 11.1 Å². The van der Waals surface area contributed by atoms with Crippen molar-refractivity contribution >= 4 is 25.7 Å². The van der Waals surface area contributed by atoms with Crippen molar-refractivity contribution in [2.75, 3.05) is 6.61 Å². The number of aliphatic hydroxyl groups is 1. The van der Waals surface area contributed by atoms with E-state index in [0.717, 1.165) is 13.8 Å². The summed E-state index contributed by atoms with van der Waals surface area (Å²) in [5.41, 5.74) is 1.35. The molecule has 5 atom stereocenters. The van der Waals surface area contributed by atoms with Crippen LogP contribution in [-0.2, 0) is 59.9 Å². The van der Waals surface area contributed by atoms with Crippen LogP contribution in [0.1, 0.15) is 31.9 Å². The van der Waals surface area contributed by atoms with Crippen LogP contribution in [0, 0.1) is 0 Å². The Morgan fingerprint density at radius 1 is 0.897 bits per heavy atom. The average Bonchev–Trinajstić information content (AvgIpc) is 2.90. The molecule has 1 aliphatic heterocycles. The van der Waals surface area contributed by atoms with Crippen molar-refractivity contribution in [1.29, 1.82) is 0 Å². The molecule has 1 amide bonds. The van der Waals surface area contributed by atoms with Crippen LogP contribution in [0.3, 0.4) is 0 Å². The minimum atomic E-state index is -4.44. The number of benzene rings is 2. The van der Waals surface area contributed by atoms with Crippen LogP contribution >= 0.6 is 7.82 Å². The van der Waals surface area contributed by atoms with Crippen LogP contribution in [0.25, 0.3) is 0 Å². The van der Waals surface area contributed by atoms with E-state index in [1.54, 1.807) is 48.5 Å². The normalized spacial score (nSPS) is 23.0. The second kappa shape index (κ2) is 14.3. The lowest BCUT2D eigenvalue weighted by Gasteiger charge is -2.43. The van der Waals surface area contributed by atoms with Gasteiger partial charge in [-0.2, -0.15) is 0 Å². The third-order valence-electron chi connectivity index (χ3n) is 5.49. The molecule has 0 aliphatic carbocycles. The maximum atomic E-state index is 13.9. The van der Waals surface area contributed by atoms with Gasteiger partial charge in [0.25, 0.3) is 0 Å². The Hall–Kier alpha value is -3.12. The van der Waals surface area contributed by atoms with Crippen LogP contribution in [0.2, 0.25) is 0 Å². The molecule has 13 heteroatoms. The lowest BCUT2D eigenvalue weighted by Crippen LogP contribution is -2.65. The Balaban J connectivity index is 1.89. The van der Waals surface area contributed by atoms with Gasteiger partial charge in [0, 0.05) is 20.8 Å². The van der Waals surface area contributed by atoms with Gasteiger partial charge in [0.2, 0.25) is 5.91 Å². The first-order chi connectivity index (χ1) is 18.6. The van der Waals surface area contributed by atoms with Gasteiger partial charge < -0.3 is 24.6 Å². The molecule has 0 aromatic heterocycles. The summed E-state index contributed by atoms with van der Waals surface area (Å²) in [6.07, 6.45) is -5.81. The van der Waals surface area contributed by atoms with Crippen LogP contribution in [0.15, 0.2) is 60.7 Å². The molecule has 0 radical (unpaired) electrons. The highest BCUT2D eigenvalue weighted by Crippen LogP contribution is 2.53. The largest absolute Gasteiger partial charge is 0.477 e. The van der Waals surface area contributed by atoms with Crippen LogP contribution < -0.4 is 5.32 Å². The monoisotopic (exact) mass is 565 g/mol. The van der Waals surface area contributed by atoms with Crippen LogP contribution in [0.4, 0.5) is 0 Å². The lowest BCUT2D eigenvalue weighted by atomic mass is 9.96. The SMILES string of the molecule is CC(=O)N[C@H]1[C@@H](OP(=O)(OCc2ccccc2)OCc2ccccc2)O[C@H](COC(C)=O)[C@@H](OC(C)=O)[C@@H]1O. The molecular weight excluding hydrogens is 533 g/mol. The number of hydrogen-bond acceptors (Lipinski definition) is 11. The number of aliphatic hydroxyl groups excluding tert-OH is 1. The Kier molecular flexibility index (Phi) is 11.2. The first-order valence-electron chi connectivity index (χ1n) is 12.1. The summed E-state index contributed by atoms with van der Waals surface area (Å²) in [6.45, 7) is 2.73. The van der Waals surface area contributed by atoms with E-state index >= 15 is 0 Å². The highest BCUT2D eigenvalue weighted by Gasteiger charge is 2.51. The topological polar surface area (TPSA) is 156 Å². The molecule has 2 aromatic carbocycles. The van der Waals surface area contributed by atoms with Gasteiger partial charge in [0.15, 0.2) is 12.4 Å². The van der Waals surface area contributed by atoms with Gasteiger partial charge >= 0.3 is 19.8 Å². The zero-order valence-corrected chi connectivity index (χ0v) is 22.7. The molecule has 212 valence electrons. The number of carbonyl (C=O) groups is 3. The summed E-state index contributed by atoms with van der Waals surface area (Å²) in [5.74, 6) is -1.99. The average molecular weight is 566 g/mol. The molecule has 0 unspecified atom stereocenters. The van der Waals surface area contributed by atoms with Crippen molar-refractivity contribution in [2.45, 2.75) is 64.6 Å². The maximum Gasteiger partial charge on any atom is 0.477 e. The molecular formula is C26H32NO11P. The van der Waals surface area contributed by atoms with E-state index in [4.69, 9.17) is 27.8 Å². The van der Waals surface area contributed by atoms with Gasteiger partial charge in [0.1, 0.15) is 24.9 Å². The molecule has 1 fully saturated rings. The Labute approximate surface area is 226 Å². The standard InChI is InChI=1S/C26H32NO11P/c1-17(28)27-23-24(31)25(36-19(3)30)22(16-33-18(2)29)37-26(23)38-39(32,34-14-20-10-6-4-7-11-20)35-15-21-12-8-5-9-13-21/h4-13,22-26,31H,14-16H2,1-3H3,(H,27,28)/t22-,23-,24-,25-,26-/m1/s1. The molecule has 2 N–H and O–H groups in total. The zero-order chi connectivity index (χ0) is 28.4. The molecule has 3 rings (SSSR count). The van der Waals surface area contributed by atoms with Gasteiger partial charge in [-0.1, -0.05) is 60.7 Å². The number of esters is 2. The fraction of sp³-hybridized carbons (Fsp3) is 0.423. The van der Waals surface area contributed by atoms with E-state index in [-0.39, 0.29) is 13.2 Å². The number of phosphoric ester groups is 1. The Bertz CT molecular complexity index is 1100. The Morgan fingerprint density at radius 3 is 1.90 bits per heavy atom. The number of phosphoric acid groups is 1. The predicted molar refractivity (Wildman–Crippen MR) is 136 cm³/mol. The predicted octanol–water partition coefficient (Wildman–Crippen LogP) is 2.63. The fourth-order valence-corrected chi connectivity index (χ4v) is 5.00. The molecule has 12 nitrogen and oxygen atoms in total. The van der Waals surface area contributed by atoms with Gasteiger partial charge in [-0.3, -0.25) is 28.0 Å². The first kappa shape index (κ1) is 30.4. The van der Waals surface area contributed by atoms with E-state index in [2.05, 4.69) is 5.32 Å². The number of ether oxygens (including phenoxy) is 3. The first-order valence-corrected chi connectivity index (χ1v) is 13.6. The van der Waals surface area contributed by atoms with E-state index in [9.17, 15) is 24.1 Å². The van der Waals surface area contributed by atoms with Crippen molar-refractivity contribution in [3.05, 3.63) is 71.8 Å². The number of amides is 1. The summed E-state index contributed by atoms with van der Waals surface area (Å²) < 4.78 is 46.9. The fourth-order valence-electron chi connectivity index (χ4n) is 3.75.